The van der Waals surface area contributed by atoms with Crippen molar-refractivity contribution in [3.05, 3.63) is 59.7 Å². The van der Waals surface area contributed by atoms with Crippen molar-refractivity contribution in [2.45, 2.75) is 59.4 Å². The van der Waals surface area contributed by atoms with Gasteiger partial charge in [-0.15, -0.1) is 6.58 Å². The Balaban J connectivity index is 2.98. The number of hydrogen-bond acceptors (Lipinski definition) is 5. The average molecular weight is 386 g/mol. The minimum absolute atomic E-state index is 0.249. The molecule has 28 heavy (non-hydrogen) atoms. The number of rotatable bonds is 11. The number of nitrogens with one attached hydrogen (secondary N) is 1. The first kappa shape index (κ1) is 23.9. The monoisotopic (exact) mass is 385 g/mol. The standard InChI is InChI=1S/C23H39N5/c1-7-9-12-26-14-22(8-2)27-20(6)19(5)23(25)21-11-10-18(4)28(16-21)15-17(3)13-24/h7,15-16,22,26H,1,4,8-14,24-25H2,2-3,5-6H3/b17-15+,23-19?,27-20?. The molecule has 1 atom stereocenters. The second-order valence-electron chi connectivity index (χ2n) is 7.40. The Morgan fingerprint density at radius 3 is 2.68 bits per heavy atom. The van der Waals surface area contributed by atoms with Crippen molar-refractivity contribution in [1.29, 1.82) is 0 Å². The fourth-order valence-corrected chi connectivity index (χ4v) is 2.92. The molecular weight excluding hydrogens is 346 g/mol. The topological polar surface area (TPSA) is 79.7 Å². The first-order valence-corrected chi connectivity index (χ1v) is 10.2. The molecule has 0 fully saturated rings. The molecule has 0 saturated heterocycles. The number of aliphatic imine (C=N–C) groups is 1. The van der Waals surface area contributed by atoms with Crippen LogP contribution < -0.4 is 16.8 Å². The van der Waals surface area contributed by atoms with E-state index in [0.29, 0.717) is 6.54 Å². The zero-order chi connectivity index (χ0) is 21.1. The Bertz CT molecular complexity index is 666. The van der Waals surface area contributed by atoms with Gasteiger partial charge in [0.15, 0.2) is 0 Å². The van der Waals surface area contributed by atoms with Crippen molar-refractivity contribution in [3.8, 4) is 0 Å². The molecule has 0 spiro atoms. The van der Waals surface area contributed by atoms with Gasteiger partial charge in [-0.1, -0.05) is 19.6 Å². The highest BCUT2D eigenvalue weighted by Gasteiger charge is 2.17. The van der Waals surface area contributed by atoms with Crippen molar-refractivity contribution in [2.75, 3.05) is 19.6 Å². The van der Waals surface area contributed by atoms with E-state index in [9.17, 15) is 0 Å². The van der Waals surface area contributed by atoms with E-state index in [-0.39, 0.29) is 6.04 Å². The maximum absolute atomic E-state index is 6.52. The Morgan fingerprint density at radius 1 is 1.36 bits per heavy atom. The third-order valence-corrected chi connectivity index (χ3v) is 5.07. The summed E-state index contributed by atoms with van der Waals surface area (Å²) in [6.07, 6.45) is 9.77. The lowest BCUT2D eigenvalue weighted by Crippen LogP contribution is -2.27. The van der Waals surface area contributed by atoms with Crippen LogP contribution in [0.25, 0.3) is 0 Å². The molecule has 0 bridgehead atoms. The summed E-state index contributed by atoms with van der Waals surface area (Å²) < 4.78 is 0. The van der Waals surface area contributed by atoms with Crippen molar-refractivity contribution in [3.63, 3.8) is 0 Å². The van der Waals surface area contributed by atoms with Gasteiger partial charge in [0.1, 0.15) is 0 Å². The molecule has 5 nitrogen and oxygen atoms in total. The summed E-state index contributed by atoms with van der Waals surface area (Å²) in [5, 5.41) is 3.44. The maximum Gasteiger partial charge on any atom is 0.0624 e. The van der Waals surface area contributed by atoms with Crippen molar-refractivity contribution in [2.24, 2.45) is 16.5 Å². The van der Waals surface area contributed by atoms with Gasteiger partial charge in [-0.25, -0.2) is 0 Å². The fourth-order valence-electron chi connectivity index (χ4n) is 2.92. The predicted molar refractivity (Wildman–Crippen MR) is 123 cm³/mol. The quantitative estimate of drug-likeness (QED) is 0.285. The van der Waals surface area contributed by atoms with E-state index in [1.807, 2.05) is 31.0 Å². The number of hydrogen-bond donors (Lipinski definition) is 3. The van der Waals surface area contributed by atoms with E-state index in [1.54, 1.807) is 0 Å². The Hall–Kier alpha value is -2.11. The Labute approximate surface area is 171 Å². The first-order valence-electron chi connectivity index (χ1n) is 10.2. The number of nitrogens with two attached hydrogens (primary N) is 2. The summed E-state index contributed by atoms with van der Waals surface area (Å²) in [7, 11) is 0. The van der Waals surface area contributed by atoms with Crippen molar-refractivity contribution in [1.82, 2.24) is 10.2 Å². The van der Waals surface area contributed by atoms with Gasteiger partial charge >= 0.3 is 0 Å². The largest absolute Gasteiger partial charge is 0.398 e. The molecule has 1 aliphatic rings. The van der Waals surface area contributed by atoms with Crippen LogP contribution in [0.1, 0.15) is 53.4 Å². The third-order valence-electron chi connectivity index (χ3n) is 5.07. The molecule has 0 aliphatic carbocycles. The molecular formula is C23H39N5. The van der Waals surface area contributed by atoms with E-state index in [0.717, 1.165) is 72.6 Å². The zero-order valence-electron chi connectivity index (χ0n) is 18.2. The zero-order valence-corrected chi connectivity index (χ0v) is 18.2. The predicted octanol–water partition coefficient (Wildman–Crippen LogP) is 3.98. The molecule has 0 aromatic heterocycles. The van der Waals surface area contributed by atoms with Crippen LogP contribution in [0.15, 0.2) is 64.7 Å². The van der Waals surface area contributed by atoms with Gasteiger partial charge < -0.3 is 21.7 Å². The van der Waals surface area contributed by atoms with Crippen LogP contribution in [0.2, 0.25) is 0 Å². The highest BCUT2D eigenvalue weighted by molar-refractivity contribution is 5.99. The van der Waals surface area contributed by atoms with Crippen molar-refractivity contribution < 1.29 is 0 Å². The molecule has 0 radical (unpaired) electrons. The van der Waals surface area contributed by atoms with E-state index in [4.69, 9.17) is 16.5 Å². The Morgan fingerprint density at radius 2 is 2.07 bits per heavy atom. The van der Waals surface area contributed by atoms with Gasteiger partial charge in [-0.3, -0.25) is 4.99 Å². The van der Waals surface area contributed by atoms with Gasteiger partial charge in [0, 0.05) is 42.6 Å². The summed E-state index contributed by atoms with van der Waals surface area (Å²) >= 11 is 0. The summed E-state index contributed by atoms with van der Waals surface area (Å²) in [4.78, 5) is 6.96. The van der Waals surface area contributed by atoms with Gasteiger partial charge in [-0.05, 0) is 69.7 Å². The number of allylic oxidation sites excluding steroid dienone is 3. The SMILES string of the molecule is C=CCCNCC(CC)N=C(C)C(C)=C(N)C1=CN(/C=C(\C)CN)C(=C)CC1. The average Bonchev–Trinajstić information content (AvgIpc) is 2.70. The third kappa shape index (κ3) is 7.49. The molecule has 5 heteroatoms. The summed E-state index contributed by atoms with van der Waals surface area (Å²) in [6, 6.07) is 0.249. The first-order chi connectivity index (χ1) is 13.3. The van der Waals surface area contributed by atoms with Crippen molar-refractivity contribution >= 4 is 5.71 Å². The smallest absolute Gasteiger partial charge is 0.0624 e. The lowest BCUT2D eigenvalue weighted by atomic mass is 9.98. The maximum atomic E-state index is 6.52. The minimum Gasteiger partial charge on any atom is -0.398 e. The summed E-state index contributed by atoms with van der Waals surface area (Å²) in [6.45, 7) is 18.5. The van der Waals surface area contributed by atoms with Gasteiger partial charge in [0.05, 0.1) is 6.04 Å². The molecule has 156 valence electrons. The lowest BCUT2D eigenvalue weighted by Gasteiger charge is -2.27. The normalized spacial score (nSPS) is 18.0. The second-order valence-corrected chi connectivity index (χ2v) is 7.40. The fraction of sp³-hybridized carbons (Fsp3) is 0.522. The molecule has 1 heterocycles. The molecule has 0 amide bonds. The number of nitrogens with zero attached hydrogens (tertiary/aromatic N) is 2. The molecule has 5 N–H and O–H groups in total. The lowest BCUT2D eigenvalue weighted by molar-refractivity contribution is 0.550. The van der Waals surface area contributed by atoms with Gasteiger partial charge in [0.25, 0.3) is 0 Å². The van der Waals surface area contributed by atoms with E-state index in [2.05, 4.69) is 38.5 Å². The highest BCUT2D eigenvalue weighted by atomic mass is 15.1. The van der Waals surface area contributed by atoms with Crippen LogP contribution in [0, 0.1) is 0 Å². The summed E-state index contributed by atoms with van der Waals surface area (Å²) in [5.74, 6) is 0. The summed E-state index contributed by atoms with van der Waals surface area (Å²) in [5.41, 5.74) is 18.4. The van der Waals surface area contributed by atoms with E-state index >= 15 is 0 Å². The Kier molecular flexibility index (Phi) is 10.6. The van der Waals surface area contributed by atoms with Crippen LogP contribution in [0.4, 0.5) is 0 Å². The van der Waals surface area contributed by atoms with Crippen LogP contribution in [-0.4, -0.2) is 36.3 Å². The van der Waals surface area contributed by atoms with Crippen LogP contribution in [0.5, 0.6) is 0 Å². The van der Waals surface area contributed by atoms with Crippen LogP contribution in [-0.2, 0) is 0 Å². The molecule has 0 saturated carbocycles. The minimum atomic E-state index is 0.249. The molecule has 0 aromatic carbocycles. The van der Waals surface area contributed by atoms with Crippen LogP contribution in [0.3, 0.4) is 0 Å². The van der Waals surface area contributed by atoms with E-state index < -0.39 is 0 Å². The van der Waals surface area contributed by atoms with E-state index in [1.165, 1.54) is 0 Å². The van der Waals surface area contributed by atoms with Gasteiger partial charge in [-0.2, -0.15) is 0 Å². The molecule has 1 aliphatic heterocycles. The molecule has 1 unspecified atom stereocenters. The van der Waals surface area contributed by atoms with Crippen LogP contribution >= 0.6 is 0 Å². The molecule has 0 aromatic rings. The second kappa shape index (κ2) is 12.4. The molecule has 1 rings (SSSR count). The highest BCUT2D eigenvalue weighted by Crippen LogP contribution is 2.27. The van der Waals surface area contributed by atoms with Gasteiger partial charge in [0.2, 0.25) is 0 Å².